The van der Waals surface area contributed by atoms with Crippen molar-refractivity contribution in [3.63, 3.8) is 0 Å². The molecule has 0 aliphatic heterocycles. The summed E-state index contributed by atoms with van der Waals surface area (Å²) in [6.07, 6.45) is 4.44. The molecule has 1 aliphatic carbocycles. The van der Waals surface area contributed by atoms with Crippen LogP contribution in [0.2, 0.25) is 0 Å². The molecule has 3 heteroatoms. The van der Waals surface area contributed by atoms with Crippen molar-refractivity contribution in [3.05, 3.63) is 17.7 Å². The summed E-state index contributed by atoms with van der Waals surface area (Å²) in [6.45, 7) is 7.68. The Hall–Kier alpha value is -0.830. The van der Waals surface area contributed by atoms with Crippen molar-refractivity contribution >= 4 is 0 Å². The Morgan fingerprint density at radius 1 is 1.47 bits per heavy atom. The van der Waals surface area contributed by atoms with E-state index in [4.69, 9.17) is 0 Å². The Morgan fingerprint density at radius 2 is 2.27 bits per heavy atom. The van der Waals surface area contributed by atoms with E-state index in [2.05, 4.69) is 36.1 Å². The summed E-state index contributed by atoms with van der Waals surface area (Å²) in [7, 11) is 0. The normalized spacial score (nSPS) is 31.0. The van der Waals surface area contributed by atoms with Crippen LogP contribution in [0.1, 0.15) is 38.1 Å². The van der Waals surface area contributed by atoms with Crippen molar-refractivity contribution in [2.45, 2.75) is 46.2 Å². The number of aryl methyl sites for hydroxylation is 1. The van der Waals surface area contributed by atoms with Gasteiger partial charge in [-0.25, -0.2) is 4.98 Å². The zero-order valence-electron chi connectivity index (χ0n) is 9.88. The number of hydrogen-bond donors (Lipinski definition) is 2. The van der Waals surface area contributed by atoms with E-state index in [-0.39, 0.29) is 0 Å². The molecule has 0 saturated heterocycles. The van der Waals surface area contributed by atoms with Gasteiger partial charge in [0, 0.05) is 18.3 Å². The quantitative estimate of drug-likeness (QED) is 0.798. The first-order valence-corrected chi connectivity index (χ1v) is 5.90. The summed E-state index contributed by atoms with van der Waals surface area (Å²) in [5, 5.41) is 3.62. The topological polar surface area (TPSA) is 40.7 Å². The Morgan fingerprint density at radius 3 is 2.80 bits per heavy atom. The summed E-state index contributed by atoms with van der Waals surface area (Å²) in [4.78, 5) is 7.42. The standard InChI is InChI=1S/C12H21N3/c1-8-4-5-11(9(8)2)13-6-12-10(3)14-7-15-12/h7-9,11,13H,4-6H2,1-3H3,(H,14,15). The first kappa shape index (κ1) is 10.7. The van der Waals surface area contributed by atoms with Crippen molar-refractivity contribution in [1.82, 2.24) is 15.3 Å². The SMILES string of the molecule is Cc1[nH]cnc1CNC1CCC(C)C1C. The van der Waals surface area contributed by atoms with E-state index in [1.165, 1.54) is 18.5 Å². The molecular weight excluding hydrogens is 186 g/mol. The number of hydrogen-bond acceptors (Lipinski definition) is 2. The van der Waals surface area contributed by atoms with Crippen LogP contribution in [0.5, 0.6) is 0 Å². The van der Waals surface area contributed by atoms with Crippen LogP contribution in [0.4, 0.5) is 0 Å². The highest BCUT2D eigenvalue weighted by Gasteiger charge is 2.29. The number of aromatic nitrogens is 2. The van der Waals surface area contributed by atoms with Crippen LogP contribution in [-0.4, -0.2) is 16.0 Å². The van der Waals surface area contributed by atoms with E-state index in [0.717, 1.165) is 24.1 Å². The van der Waals surface area contributed by atoms with Gasteiger partial charge in [0.1, 0.15) is 0 Å². The molecule has 2 N–H and O–H groups in total. The third-order valence-electron chi connectivity index (χ3n) is 3.93. The van der Waals surface area contributed by atoms with Crippen LogP contribution in [0.25, 0.3) is 0 Å². The van der Waals surface area contributed by atoms with E-state index in [0.29, 0.717) is 6.04 Å². The van der Waals surface area contributed by atoms with Crippen LogP contribution in [0.3, 0.4) is 0 Å². The smallest absolute Gasteiger partial charge is 0.0925 e. The molecule has 1 aromatic rings. The first-order valence-electron chi connectivity index (χ1n) is 5.90. The summed E-state index contributed by atoms with van der Waals surface area (Å²) < 4.78 is 0. The highest BCUT2D eigenvalue weighted by atomic mass is 15.0. The average Bonchev–Trinajstić information content (AvgIpc) is 2.74. The van der Waals surface area contributed by atoms with Gasteiger partial charge in [-0.1, -0.05) is 13.8 Å². The van der Waals surface area contributed by atoms with Crippen LogP contribution in [0, 0.1) is 18.8 Å². The molecule has 3 atom stereocenters. The molecule has 84 valence electrons. The van der Waals surface area contributed by atoms with Gasteiger partial charge in [0.05, 0.1) is 12.0 Å². The minimum absolute atomic E-state index is 0.677. The Balaban J connectivity index is 1.86. The highest BCUT2D eigenvalue weighted by molar-refractivity contribution is 5.08. The van der Waals surface area contributed by atoms with Gasteiger partial charge in [-0.3, -0.25) is 0 Å². The molecule has 0 radical (unpaired) electrons. The first-order chi connectivity index (χ1) is 7.18. The molecule has 0 bridgehead atoms. The van der Waals surface area contributed by atoms with E-state index in [1.54, 1.807) is 6.33 Å². The fourth-order valence-electron chi connectivity index (χ4n) is 2.45. The average molecular weight is 207 g/mol. The number of H-pyrrole nitrogens is 1. The van der Waals surface area contributed by atoms with Gasteiger partial charge in [0.25, 0.3) is 0 Å². The molecule has 3 nitrogen and oxygen atoms in total. The van der Waals surface area contributed by atoms with Crippen molar-refractivity contribution in [2.24, 2.45) is 11.8 Å². The summed E-state index contributed by atoms with van der Waals surface area (Å²) in [6, 6.07) is 0.677. The third-order valence-corrected chi connectivity index (χ3v) is 3.93. The van der Waals surface area contributed by atoms with Gasteiger partial charge < -0.3 is 10.3 Å². The highest BCUT2D eigenvalue weighted by Crippen LogP contribution is 2.31. The van der Waals surface area contributed by atoms with E-state index < -0.39 is 0 Å². The zero-order valence-corrected chi connectivity index (χ0v) is 9.88. The second kappa shape index (κ2) is 4.35. The monoisotopic (exact) mass is 207 g/mol. The fourth-order valence-corrected chi connectivity index (χ4v) is 2.45. The van der Waals surface area contributed by atoms with Crippen LogP contribution >= 0.6 is 0 Å². The van der Waals surface area contributed by atoms with Gasteiger partial charge in [0.2, 0.25) is 0 Å². The minimum Gasteiger partial charge on any atom is -0.348 e. The maximum Gasteiger partial charge on any atom is 0.0925 e. The van der Waals surface area contributed by atoms with Crippen molar-refractivity contribution in [3.8, 4) is 0 Å². The van der Waals surface area contributed by atoms with E-state index in [1.807, 2.05) is 0 Å². The van der Waals surface area contributed by atoms with E-state index in [9.17, 15) is 0 Å². The van der Waals surface area contributed by atoms with Gasteiger partial charge in [-0.05, 0) is 31.6 Å². The number of nitrogens with zero attached hydrogens (tertiary/aromatic N) is 1. The molecule has 2 rings (SSSR count). The van der Waals surface area contributed by atoms with Crippen molar-refractivity contribution < 1.29 is 0 Å². The van der Waals surface area contributed by atoms with Crippen LogP contribution in [-0.2, 0) is 6.54 Å². The van der Waals surface area contributed by atoms with Crippen molar-refractivity contribution in [1.29, 1.82) is 0 Å². The summed E-state index contributed by atoms with van der Waals surface area (Å²) in [5.74, 6) is 1.66. The number of imidazole rings is 1. The molecule has 3 unspecified atom stereocenters. The van der Waals surface area contributed by atoms with Crippen LogP contribution in [0.15, 0.2) is 6.33 Å². The molecule has 1 saturated carbocycles. The fraction of sp³-hybridized carbons (Fsp3) is 0.750. The van der Waals surface area contributed by atoms with Gasteiger partial charge in [0.15, 0.2) is 0 Å². The minimum atomic E-state index is 0.677. The predicted octanol–water partition coefficient (Wildman–Crippen LogP) is 2.24. The van der Waals surface area contributed by atoms with Gasteiger partial charge in [-0.2, -0.15) is 0 Å². The number of aromatic amines is 1. The molecule has 1 aromatic heterocycles. The lowest BCUT2D eigenvalue weighted by Crippen LogP contribution is -2.32. The zero-order chi connectivity index (χ0) is 10.8. The second-order valence-electron chi connectivity index (χ2n) is 4.88. The molecular formula is C12H21N3. The molecule has 0 amide bonds. The third kappa shape index (κ3) is 2.23. The lowest BCUT2D eigenvalue weighted by atomic mass is 9.98. The summed E-state index contributed by atoms with van der Waals surface area (Å²) >= 11 is 0. The summed E-state index contributed by atoms with van der Waals surface area (Å²) in [5.41, 5.74) is 2.34. The second-order valence-corrected chi connectivity index (χ2v) is 4.88. The lowest BCUT2D eigenvalue weighted by molar-refractivity contribution is 0.368. The molecule has 0 spiro atoms. The Bertz CT molecular complexity index is 318. The lowest BCUT2D eigenvalue weighted by Gasteiger charge is -2.19. The number of rotatable bonds is 3. The van der Waals surface area contributed by atoms with Gasteiger partial charge in [-0.15, -0.1) is 0 Å². The molecule has 15 heavy (non-hydrogen) atoms. The number of nitrogens with one attached hydrogen (secondary N) is 2. The molecule has 0 aromatic carbocycles. The van der Waals surface area contributed by atoms with E-state index >= 15 is 0 Å². The van der Waals surface area contributed by atoms with Crippen LogP contribution < -0.4 is 5.32 Å². The maximum absolute atomic E-state index is 4.30. The Kier molecular flexibility index (Phi) is 3.10. The molecule has 1 aliphatic rings. The molecule has 1 fully saturated rings. The Labute approximate surface area is 91.7 Å². The van der Waals surface area contributed by atoms with Crippen molar-refractivity contribution in [2.75, 3.05) is 0 Å². The van der Waals surface area contributed by atoms with Gasteiger partial charge >= 0.3 is 0 Å². The maximum atomic E-state index is 4.30. The predicted molar refractivity (Wildman–Crippen MR) is 61.5 cm³/mol. The largest absolute Gasteiger partial charge is 0.348 e. The molecule has 1 heterocycles.